The lowest BCUT2D eigenvalue weighted by atomic mass is 9.74. The molecule has 0 aromatic heterocycles. The van der Waals surface area contributed by atoms with Gasteiger partial charge in [0.05, 0.1) is 18.2 Å². The second-order valence-corrected chi connectivity index (χ2v) is 7.56. The van der Waals surface area contributed by atoms with Crippen molar-refractivity contribution in [2.24, 2.45) is 5.92 Å². The summed E-state index contributed by atoms with van der Waals surface area (Å²) in [5, 5.41) is 0. The van der Waals surface area contributed by atoms with E-state index in [0.717, 1.165) is 30.7 Å². The number of para-hydroxylation sites is 1. The molecule has 4 atom stereocenters. The SMILES string of the molecule is COCC(=O)N1CC[C@H]2O[C@H]3c4ccccc4OC(C)(C)[C@@H]3C[C@H]21. The molecule has 0 bridgehead atoms. The third-order valence-corrected chi connectivity index (χ3v) is 5.75. The van der Waals surface area contributed by atoms with E-state index in [-0.39, 0.29) is 42.3 Å². The van der Waals surface area contributed by atoms with Crippen LogP contribution in [0.25, 0.3) is 0 Å². The van der Waals surface area contributed by atoms with Gasteiger partial charge in [-0.05, 0) is 32.8 Å². The number of fused-ring (bicyclic) bond motifs is 4. The molecule has 5 heteroatoms. The van der Waals surface area contributed by atoms with Crippen LogP contribution in [0.4, 0.5) is 0 Å². The van der Waals surface area contributed by atoms with Gasteiger partial charge in [0.1, 0.15) is 18.0 Å². The van der Waals surface area contributed by atoms with E-state index in [9.17, 15) is 4.79 Å². The van der Waals surface area contributed by atoms with Gasteiger partial charge in [0.15, 0.2) is 0 Å². The fraction of sp³-hybridized carbons (Fsp3) is 0.632. The monoisotopic (exact) mass is 331 g/mol. The fourth-order valence-corrected chi connectivity index (χ4v) is 4.55. The third-order valence-electron chi connectivity index (χ3n) is 5.75. The topological polar surface area (TPSA) is 48.0 Å². The Morgan fingerprint density at radius 1 is 1.38 bits per heavy atom. The molecule has 5 nitrogen and oxygen atoms in total. The van der Waals surface area contributed by atoms with Gasteiger partial charge in [-0.15, -0.1) is 0 Å². The maximum absolute atomic E-state index is 12.3. The Morgan fingerprint density at radius 3 is 2.96 bits per heavy atom. The summed E-state index contributed by atoms with van der Waals surface area (Å²) in [6.45, 7) is 5.14. The number of hydrogen-bond acceptors (Lipinski definition) is 4. The smallest absolute Gasteiger partial charge is 0.248 e. The van der Waals surface area contributed by atoms with Gasteiger partial charge in [0.2, 0.25) is 5.91 Å². The minimum absolute atomic E-state index is 0.0451. The number of carbonyl (C=O) groups excluding carboxylic acids is 1. The fourth-order valence-electron chi connectivity index (χ4n) is 4.55. The molecule has 0 unspecified atom stereocenters. The Balaban J connectivity index is 1.64. The largest absolute Gasteiger partial charge is 0.487 e. The van der Waals surface area contributed by atoms with Crippen LogP contribution in [0.2, 0.25) is 0 Å². The van der Waals surface area contributed by atoms with E-state index in [1.54, 1.807) is 7.11 Å². The van der Waals surface area contributed by atoms with Crippen LogP contribution < -0.4 is 4.74 Å². The van der Waals surface area contributed by atoms with Crippen molar-refractivity contribution in [2.75, 3.05) is 20.3 Å². The first-order chi connectivity index (χ1) is 11.5. The second-order valence-electron chi connectivity index (χ2n) is 7.56. The minimum atomic E-state index is -0.317. The average Bonchev–Trinajstić information content (AvgIpc) is 2.96. The summed E-state index contributed by atoms with van der Waals surface area (Å²) in [6, 6.07) is 8.29. The van der Waals surface area contributed by atoms with E-state index in [4.69, 9.17) is 14.2 Å². The summed E-state index contributed by atoms with van der Waals surface area (Å²) in [6.07, 6.45) is 1.96. The molecule has 1 aromatic carbocycles. The highest BCUT2D eigenvalue weighted by molar-refractivity contribution is 5.78. The van der Waals surface area contributed by atoms with E-state index in [2.05, 4.69) is 19.9 Å². The molecule has 0 N–H and O–H groups in total. The zero-order chi connectivity index (χ0) is 16.9. The summed E-state index contributed by atoms with van der Waals surface area (Å²) < 4.78 is 17.8. The molecule has 4 rings (SSSR count). The Hall–Kier alpha value is -1.59. The number of hydrogen-bond donors (Lipinski definition) is 0. The Labute approximate surface area is 142 Å². The number of carbonyl (C=O) groups is 1. The standard InChI is InChI=1S/C19H25NO4/c1-19(2)13-10-14-16(8-9-20(14)17(21)11-22-3)23-18(13)12-6-4-5-7-15(12)24-19/h4-7,13-14,16,18H,8-11H2,1-3H3/t13-,14-,16-,18+/m1/s1. The van der Waals surface area contributed by atoms with Crippen molar-refractivity contribution in [1.29, 1.82) is 0 Å². The zero-order valence-electron chi connectivity index (χ0n) is 14.5. The van der Waals surface area contributed by atoms with Crippen molar-refractivity contribution in [3.05, 3.63) is 29.8 Å². The van der Waals surface area contributed by atoms with Gasteiger partial charge in [-0.3, -0.25) is 4.79 Å². The molecule has 130 valence electrons. The van der Waals surface area contributed by atoms with E-state index in [0.29, 0.717) is 0 Å². The van der Waals surface area contributed by atoms with Crippen LogP contribution >= 0.6 is 0 Å². The van der Waals surface area contributed by atoms with Crippen molar-refractivity contribution in [2.45, 2.75) is 50.5 Å². The number of rotatable bonds is 2. The van der Waals surface area contributed by atoms with E-state index >= 15 is 0 Å². The number of amides is 1. The third kappa shape index (κ3) is 2.42. The van der Waals surface area contributed by atoms with Crippen LogP contribution in [-0.2, 0) is 14.3 Å². The molecule has 0 radical (unpaired) electrons. The van der Waals surface area contributed by atoms with Gasteiger partial charge in [-0.25, -0.2) is 0 Å². The van der Waals surface area contributed by atoms with Gasteiger partial charge in [-0.1, -0.05) is 18.2 Å². The van der Waals surface area contributed by atoms with Crippen molar-refractivity contribution in [3.63, 3.8) is 0 Å². The predicted octanol–water partition coefficient (Wildman–Crippen LogP) is 2.55. The molecule has 1 amide bonds. The summed E-state index contributed by atoms with van der Waals surface area (Å²) in [5.41, 5.74) is 0.824. The van der Waals surface area contributed by atoms with E-state index in [1.165, 1.54) is 0 Å². The number of nitrogens with zero attached hydrogens (tertiary/aromatic N) is 1. The van der Waals surface area contributed by atoms with Crippen LogP contribution in [0.15, 0.2) is 24.3 Å². The first kappa shape index (κ1) is 15.9. The minimum Gasteiger partial charge on any atom is -0.487 e. The maximum atomic E-state index is 12.3. The highest BCUT2D eigenvalue weighted by atomic mass is 16.5. The lowest BCUT2D eigenvalue weighted by molar-refractivity contribution is -0.168. The molecule has 24 heavy (non-hydrogen) atoms. The quantitative estimate of drug-likeness (QED) is 0.836. The average molecular weight is 331 g/mol. The Kier molecular flexibility index (Phi) is 3.81. The summed E-state index contributed by atoms with van der Waals surface area (Å²) in [5.74, 6) is 1.21. The maximum Gasteiger partial charge on any atom is 0.248 e. The van der Waals surface area contributed by atoms with Crippen molar-refractivity contribution in [3.8, 4) is 5.75 Å². The second kappa shape index (κ2) is 5.74. The zero-order valence-corrected chi connectivity index (χ0v) is 14.5. The summed E-state index contributed by atoms with van der Waals surface area (Å²) >= 11 is 0. The first-order valence-electron chi connectivity index (χ1n) is 8.73. The molecule has 0 aliphatic carbocycles. The molecule has 2 saturated heterocycles. The van der Waals surface area contributed by atoms with Gasteiger partial charge in [-0.2, -0.15) is 0 Å². The molecule has 3 heterocycles. The molecule has 2 fully saturated rings. The van der Waals surface area contributed by atoms with Crippen LogP contribution in [-0.4, -0.2) is 48.8 Å². The van der Waals surface area contributed by atoms with Gasteiger partial charge in [0, 0.05) is 25.1 Å². The summed E-state index contributed by atoms with van der Waals surface area (Å²) in [4.78, 5) is 14.3. The lowest BCUT2D eigenvalue weighted by Gasteiger charge is -2.50. The predicted molar refractivity (Wildman–Crippen MR) is 88.9 cm³/mol. The number of likely N-dealkylation sites (tertiary alicyclic amines) is 1. The number of methoxy groups -OCH3 is 1. The van der Waals surface area contributed by atoms with Crippen LogP contribution in [0.5, 0.6) is 5.75 Å². The lowest BCUT2D eigenvalue weighted by Crippen LogP contribution is -2.54. The van der Waals surface area contributed by atoms with Crippen molar-refractivity contribution < 1.29 is 19.0 Å². The van der Waals surface area contributed by atoms with E-state index < -0.39 is 0 Å². The van der Waals surface area contributed by atoms with Gasteiger partial charge < -0.3 is 19.1 Å². The Bertz CT molecular complexity index is 644. The molecule has 1 aromatic rings. The molecule has 0 spiro atoms. The number of benzene rings is 1. The molecule has 0 saturated carbocycles. The molecular formula is C19H25NO4. The van der Waals surface area contributed by atoms with E-state index in [1.807, 2.05) is 23.1 Å². The van der Waals surface area contributed by atoms with Crippen molar-refractivity contribution in [1.82, 2.24) is 4.90 Å². The highest BCUT2D eigenvalue weighted by Gasteiger charge is 2.53. The molecular weight excluding hydrogens is 306 g/mol. The normalized spacial score (nSPS) is 33.2. The highest BCUT2D eigenvalue weighted by Crippen LogP contribution is 2.52. The summed E-state index contributed by atoms with van der Waals surface area (Å²) in [7, 11) is 1.56. The number of ether oxygens (including phenoxy) is 3. The van der Waals surface area contributed by atoms with Gasteiger partial charge >= 0.3 is 0 Å². The Morgan fingerprint density at radius 2 is 2.17 bits per heavy atom. The van der Waals surface area contributed by atoms with Crippen LogP contribution in [0, 0.1) is 5.92 Å². The van der Waals surface area contributed by atoms with Crippen LogP contribution in [0.1, 0.15) is 38.4 Å². The van der Waals surface area contributed by atoms with Crippen LogP contribution in [0.3, 0.4) is 0 Å². The first-order valence-corrected chi connectivity index (χ1v) is 8.73. The molecule has 3 aliphatic rings. The van der Waals surface area contributed by atoms with Gasteiger partial charge in [0.25, 0.3) is 0 Å². The molecule has 3 aliphatic heterocycles. The van der Waals surface area contributed by atoms with Crippen molar-refractivity contribution >= 4 is 5.91 Å².